The van der Waals surface area contributed by atoms with Gasteiger partial charge in [-0.3, -0.25) is 0 Å². The number of hydrogen-bond donors (Lipinski definition) is 0. The predicted molar refractivity (Wildman–Crippen MR) is 54.5 cm³/mol. The quantitative estimate of drug-likeness (QED) is 0.444. The lowest BCUT2D eigenvalue weighted by Crippen LogP contribution is -1.82. The Kier molecular flexibility index (Phi) is 3.59. The average molecular weight is 246 g/mol. The molecule has 0 aromatic carbocycles. The maximum Gasteiger partial charge on any atom is 0.0314 e. The molecule has 5 heteroatoms. The van der Waals surface area contributed by atoms with Crippen LogP contribution in [0.2, 0.25) is 0 Å². The van der Waals surface area contributed by atoms with Gasteiger partial charge in [-0.15, -0.1) is 11.3 Å². The highest BCUT2D eigenvalue weighted by atomic mass is 79.9. The summed E-state index contributed by atoms with van der Waals surface area (Å²) in [6.45, 7) is 2.61. The summed E-state index contributed by atoms with van der Waals surface area (Å²) in [5.41, 5.74) is 8.06. The van der Waals surface area contributed by atoms with Gasteiger partial charge in [-0.05, 0) is 40.9 Å². The van der Waals surface area contributed by atoms with Crippen LogP contribution in [0.25, 0.3) is 10.4 Å². The topological polar surface area (TPSA) is 48.8 Å². The van der Waals surface area contributed by atoms with Crippen LogP contribution < -0.4 is 0 Å². The summed E-state index contributed by atoms with van der Waals surface area (Å²) in [6.07, 6.45) is 0.834. The Morgan fingerprint density at radius 2 is 2.50 bits per heavy atom. The van der Waals surface area contributed by atoms with Crippen LogP contribution in [0.5, 0.6) is 0 Å². The smallest absolute Gasteiger partial charge is 0.0314 e. The van der Waals surface area contributed by atoms with Gasteiger partial charge in [-0.2, -0.15) is 0 Å². The molecule has 0 amide bonds. The van der Waals surface area contributed by atoms with Crippen LogP contribution in [0.15, 0.2) is 15.7 Å². The first-order chi connectivity index (χ1) is 5.74. The van der Waals surface area contributed by atoms with Crippen LogP contribution in [-0.4, -0.2) is 6.54 Å². The van der Waals surface area contributed by atoms with Gasteiger partial charge in [0.25, 0.3) is 0 Å². The second-order valence-corrected chi connectivity index (χ2v) is 4.52. The summed E-state index contributed by atoms with van der Waals surface area (Å²) in [7, 11) is 0. The van der Waals surface area contributed by atoms with Crippen molar-refractivity contribution in [3.8, 4) is 0 Å². The highest BCUT2D eigenvalue weighted by Crippen LogP contribution is 2.26. The number of halogens is 1. The summed E-state index contributed by atoms with van der Waals surface area (Å²) in [4.78, 5) is 5.22. The van der Waals surface area contributed by atoms with E-state index in [-0.39, 0.29) is 0 Å². The molecule has 12 heavy (non-hydrogen) atoms. The van der Waals surface area contributed by atoms with Gasteiger partial charge in [-0.25, -0.2) is 0 Å². The van der Waals surface area contributed by atoms with Crippen LogP contribution in [0, 0.1) is 6.92 Å². The molecular weight excluding hydrogens is 238 g/mol. The zero-order chi connectivity index (χ0) is 8.97. The monoisotopic (exact) mass is 245 g/mol. The van der Waals surface area contributed by atoms with Crippen LogP contribution in [-0.2, 0) is 6.42 Å². The maximum absolute atomic E-state index is 8.06. The van der Waals surface area contributed by atoms with E-state index in [1.54, 1.807) is 11.3 Å². The summed E-state index contributed by atoms with van der Waals surface area (Å²) < 4.78 is 1.14. The van der Waals surface area contributed by atoms with Crippen LogP contribution >= 0.6 is 27.3 Å². The van der Waals surface area contributed by atoms with Gasteiger partial charge in [0.15, 0.2) is 0 Å². The fourth-order valence-corrected chi connectivity index (χ4v) is 2.44. The number of azide groups is 1. The first-order valence-corrected chi connectivity index (χ1v) is 5.10. The van der Waals surface area contributed by atoms with E-state index in [9.17, 15) is 0 Å². The largest absolute Gasteiger partial charge is 0.145 e. The number of thiophene rings is 1. The Bertz CT molecular complexity index is 295. The molecule has 0 fully saturated rings. The first-order valence-electron chi connectivity index (χ1n) is 3.49. The van der Waals surface area contributed by atoms with E-state index in [0.717, 1.165) is 10.9 Å². The molecule has 0 aliphatic heterocycles. The molecule has 0 saturated heterocycles. The Balaban J connectivity index is 2.58. The van der Waals surface area contributed by atoms with Crippen molar-refractivity contribution in [3.05, 3.63) is 30.7 Å². The summed E-state index contributed by atoms with van der Waals surface area (Å²) >= 11 is 5.17. The molecule has 1 aromatic heterocycles. The summed E-state index contributed by atoms with van der Waals surface area (Å²) in [6, 6.07) is 2.08. The van der Waals surface area contributed by atoms with Crippen molar-refractivity contribution in [3.63, 3.8) is 0 Å². The lowest BCUT2D eigenvalue weighted by Gasteiger charge is -1.87. The van der Waals surface area contributed by atoms with Gasteiger partial charge in [-0.1, -0.05) is 5.11 Å². The fraction of sp³-hybridized carbons (Fsp3) is 0.429. The molecule has 1 heterocycles. The zero-order valence-corrected chi connectivity index (χ0v) is 9.02. The number of rotatable bonds is 3. The third-order valence-electron chi connectivity index (χ3n) is 1.43. The van der Waals surface area contributed by atoms with Crippen molar-refractivity contribution in [2.75, 3.05) is 6.54 Å². The van der Waals surface area contributed by atoms with Gasteiger partial charge in [0, 0.05) is 25.7 Å². The SMILES string of the molecule is Cc1sc(CCN=[N+]=[N-])cc1Br. The third-order valence-corrected chi connectivity index (χ3v) is 3.63. The van der Waals surface area contributed by atoms with Gasteiger partial charge in [0.2, 0.25) is 0 Å². The van der Waals surface area contributed by atoms with Crippen molar-refractivity contribution in [2.45, 2.75) is 13.3 Å². The number of aryl methyl sites for hydroxylation is 1. The second kappa shape index (κ2) is 4.50. The highest BCUT2D eigenvalue weighted by Gasteiger charge is 2.00. The van der Waals surface area contributed by atoms with E-state index in [0.29, 0.717) is 6.54 Å². The van der Waals surface area contributed by atoms with Crippen LogP contribution in [0.1, 0.15) is 9.75 Å². The Hall–Kier alpha value is -0.510. The Labute approximate surface area is 83.2 Å². The van der Waals surface area contributed by atoms with Crippen LogP contribution in [0.3, 0.4) is 0 Å². The predicted octanol–water partition coefficient (Wildman–Crippen LogP) is 3.67. The van der Waals surface area contributed by atoms with E-state index >= 15 is 0 Å². The normalized spacial score (nSPS) is 9.50. The maximum atomic E-state index is 8.06. The van der Waals surface area contributed by atoms with Gasteiger partial charge in [0.1, 0.15) is 0 Å². The number of hydrogen-bond acceptors (Lipinski definition) is 2. The molecule has 0 saturated carbocycles. The molecule has 0 spiro atoms. The molecule has 0 N–H and O–H groups in total. The number of nitrogens with zero attached hydrogens (tertiary/aromatic N) is 3. The van der Waals surface area contributed by atoms with Gasteiger partial charge < -0.3 is 0 Å². The molecule has 0 radical (unpaired) electrons. The van der Waals surface area contributed by atoms with E-state index < -0.39 is 0 Å². The molecule has 64 valence electrons. The average Bonchev–Trinajstić information content (AvgIpc) is 2.32. The summed E-state index contributed by atoms with van der Waals surface area (Å²) in [5, 5.41) is 3.48. The molecule has 0 bridgehead atoms. The third kappa shape index (κ3) is 2.52. The van der Waals surface area contributed by atoms with E-state index in [1.807, 2.05) is 0 Å². The van der Waals surface area contributed by atoms with Gasteiger partial charge in [0.05, 0.1) is 0 Å². The molecule has 1 aromatic rings. The molecule has 3 nitrogen and oxygen atoms in total. The second-order valence-electron chi connectivity index (χ2n) is 2.32. The molecule has 0 aliphatic carbocycles. The lowest BCUT2D eigenvalue weighted by atomic mass is 10.3. The molecule has 0 unspecified atom stereocenters. The molecule has 0 atom stereocenters. The molecule has 1 rings (SSSR count). The fourth-order valence-electron chi connectivity index (χ4n) is 0.846. The van der Waals surface area contributed by atoms with Crippen molar-refractivity contribution < 1.29 is 0 Å². The van der Waals surface area contributed by atoms with Gasteiger partial charge >= 0.3 is 0 Å². The van der Waals surface area contributed by atoms with Crippen molar-refractivity contribution >= 4 is 27.3 Å². The van der Waals surface area contributed by atoms with Crippen LogP contribution in [0.4, 0.5) is 0 Å². The Morgan fingerprint density at radius 3 is 3.00 bits per heavy atom. The van der Waals surface area contributed by atoms with E-state index in [2.05, 4.69) is 38.9 Å². The van der Waals surface area contributed by atoms with E-state index in [4.69, 9.17) is 5.53 Å². The minimum absolute atomic E-state index is 0.545. The lowest BCUT2D eigenvalue weighted by molar-refractivity contribution is 0.974. The van der Waals surface area contributed by atoms with Crippen molar-refractivity contribution in [1.82, 2.24) is 0 Å². The minimum atomic E-state index is 0.545. The van der Waals surface area contributed by atoms with E-state index in [1.165, 1.54) is 9.75 Å². The summed E-state index contributed by atoms with van der Waals surface area (Å²) in [5.74, 6) is 0. The van der Waals surface area contributed by atoms with Crippen molar-refractivity contribution in [2.24, 2.45) is 5.11 Å². The minimum Gasteiger partial charge on any atom is -0.145 e. The highest BCUT2D eigenvalue weighted by molar-refractivity contribution is 9.10. The first kappa shape index (κ1) is 9.58. The Morgan fingerprint density at radius 1 is 1.75 bits per heavy atom. The zero-order valence-electron chi connectivity index (χ0n) is 6.62. The molecule has 0 aliphatic rings. The molecular formula is C7H8BrN3S. The van der Waals surface area contributed by atoms with Crippen molar-refractivity contribution in [1.29, 1.82) is 0 Å². The standard InChI is InChI=1S/C7H8BrN3S/c1-5-7(8)4-6(12-5)2-3-10-11-9/h4H,2-3H2,1H3.